The number of carbonyl (C=O) groups is 1. The molecule has 1 fully saturated rings. The highest BCUT2D eigenvalue weighted by molar-refractivity contribution is 5.67. The Hall–Kier alpha value is -4.40. The first-order valence-corrected chi connectivity index (χ1v) is 11.2. The minimum Gasteiger partial charge on any atom is -0.476 e. The highest BCUT2D eigenvalue weighted by atomic mass is 19.1. The van der Waals surface area contributed by atoms with Crippen molar-refractivity contribution in [3.8, 4) is 17.6 Å². The molecule has 2 atom stereocenters. The molecule has 1 aliphatic rings. The fraction of sp³-hybridized carbons (Fsp3) is 0.348. The summed E-state index contributed by atoms with van der Waals surface area (Å²) in [5.74, 6) is -0.0842. The van der Waals surface area contributed by atoms with Crippen LogP contribution >= 0.6 is 0 Å². The average molecular weight is 481 g/mol. The van der Waals surface area contributed by atoms with Gasteiger partial charge in [0.1, 0.15) is 11.8 Å². The van der Waals surface area contributed by atoms with Gasteiger partial charge in [0.25, 0.3) is 0 Å². The number of hydrogen-bond acceptors (Lipinski definition) is 8. The van der Waals surface area contributed by atoms with Gasteiger partial charge in [-0.05, 0) is 50.8 Å². The minimum absolute atomic E-state index is 0.00209. The summed E-state index contributed by atoms with van der Waals surface area (Å²) in [6.07, 6.45) is 5.53. The number of nitrogens with zero attached hydrogens (tertiary/aromatic N) is 5. The molecule has 0 saturated heterocycles. The van der Waals surface area contributed by atoms with Gasteiger partial charge in [0.05, 0.1) is 30.1 Å². The van der Waals surface area contributed by atoms with Crippen LogP contribution in [0.5, 0.6) is 5.88 Å². The fourth-order valence-corrected chi connectivity index (χ4v) is 3.79. The van der Waals surface area contributed by atoms with E-state index in [1.54, 1.807) is 36.1 Å². The number of anilines is 3. The summed E-state index contributed by atoms with van der Waals surface area (Å²) in [6, 6.07) is 5.71. The molecule has 0 radical (unpaired) electrons. The van der Waals surface area contributed by atoms with Crippen LogP contribution in [0, 0.1) is 23.1 Å². The predicted molar refractivity (Wildman–Crippen MR) is 125 cm³/mol. The fourth-order valence-electron chi connectivity index (χ4n) is 3.79. The SMILES string of the molecule is CCOc1ncc(Nc2nc(N[C@@H](C3CC3)[C@H](C)NC(=O)O)c(F)cc2C#N)cc1-n1cccn1. The number of amides is 1. The third-order valence-electron chi connectivity index (χ3n) is 5.55. The monoisotopic (exact) mass is 480 g/mol. The van der Waals surface area contributed by atoms with Crippen molar-refractivity contribution in [3.63, 3.8) is 0 Å². The second kappa shape index (κ2) is 10.3. The number of halogens is 1. The van der Waals surface area contributed by atoms with Crippen LogP contribution in [0.25, 0.3) is 5.69 Å². The summed E-state index contributed by atoms with van der Waals surface area (Å²) in [4.78, 5) is 19.8. The third-order valence-corrected chi connectivity index (χ3v) is 5.55. The Bertz CT molecular complexity index is 1240. The number of nitriles is 1. The molecule has 0 unspecified atom stereocenters. The van der Waals surface area contributed by atoms with Crippen molar-refractivity contribution in [2.75, 3.05) is 17.2 Å². The summed E-state index contributed by atoms with van der Waals surface area (Å²) in [7, 11) is 0. The number of carboxylic acid groups (broad SMARTS) is 1. The third kappa shape index (κ3) is 5.57. The maximum absolute atomic E-state index is 14.8. The van der Waals surface area contributed by atoms with Gasteiger partial charge in [-0.25, -0.2) is 23.8 Å². The molecule has 1 aliphatic carbocycles. The molecule has 3 aromatic heterocycles. The lowest BCUT2D eigenvalue weighted by molar-refractivity contribution is 0.188. The van der Waals surface area contributed by atoms with E-state index in [-0.39, 0.29) is 29.2 Å². The number of aromatic nitrogens is 4. The summed E-state index contributed by atoms with van der Waals surface area (Å²) >= 11 is 0. The molecule has 182 valence electrons. The van der Waals surface area contributed by atoms with Crippen molar-refractivity contribution in [1.82, 2.24) is 25.1 Å². The molecule has 0 spiro atoms. The lowest BCUT2D eigenvalue weighted by Crippen LogP contribution is -2.45. The molecular formula is C23H25FN8O3. The van der Waals surface area contributed by atoms with Gasteiger partial charge in [0.15, 0.2) is 17.5 Å². The van der Waals surface area contributed by atoms with Gasteiger partial charge in [0.2, 0.25) is 5.88 Å². The van der Waals surface area contributed by atoms with Crippen LogP contribution in [0.4, 0.5) is 26.5 Å². The number of hydrogen-bond donors (Lipinski definition) is 4. The number of ether oxygens (including phenoxy) is 1. The lowest BCUT2D eigenvalue weighted by Gasteiger charge is -2.26. The van der Waals surface area contributed by atoms with E-state index in [2.05, 4.69) is 31.0 Å². The van der Waals surface area contributed by atoms with Gasteiger partial charge in [-0.15, -0.1) is 0 Å². The zero-order chi connectivity index (χ0) is 24.9. The lowest BCUT2D eigenvalue weighted by atomic mass is 10.0. The Balaban J connectivity index is 1.64. The smallest absolute Gasteiger partial charge is 0.404 e. The van der Waals surface area contributed by atoms with E-state index >= 15 is 0 Å². The summed E-state index contributed by atoms with van der Waals surface area (Å²) in [5, 5.41) is 31.4. The summed E-state index contributed by atoms with van der Waals surface area (Å²) in [6.45, 7) is 3.98. The molecule has 4 rings (SSSR count). The van der Waals surface area contributed by atoms with Crippen molar-refractivity contribution in [2.24, 2.45) is 5.92 Å². The van der Waals surface area contributed by atoms with Crippen molar-refractivity contribution >= 4 is 23.4 Å². The largest absolute Gasteiger partial charge is 0.476 e. The van der Waals surface area contributed by atoms with Gasteiger partial charge < -0.3 is 25.8 Å². The predicted octanol–water partition coefficient (Wildman–Crippen LogP) is 3.66. The second-order valence-electron chi connectivity index (χ2n) is 8.13. The average Bonchev–Trinajstić information content (AvgIpc) is 3.51. The molecule has 12 heteroatoms. The van der Waals surface area contributed by atoms with Gasteiger partial charge in [-0.2, -0.15) is 10.4 Å². The van der Waals surface area contributed by atoms with E-state index in [9.17, 15) is 14.4 Å². The molecule has 0 aromatic carbocycles. The zero-order valence-electron chi connectivity index (χ0n) is 19.2. The maximum Gasteiger partial charge on any atom is 0.404 e. The quantitative estimate of drug-likeness (QED) is 0.341. The molecule has 1 amide bonds. The first kappa shape index (κ1) is 23.7. The highest BCUT2D eigenvalue weighted by Crippen LogP contribution is 2.36. The molecule has 1 saturated carbocycles. The van der Waals surface area contributed by atoms with Crippen LogP contribution < -0.4 is 20.7 Å². The molecule has 0 bridgehead atoms. The van der Waals surface area contributed by atoms with Crippen LogP contribution in [0.3, 0.4) is 0 Å². The van der Waals surface area contributed by atoms with Crippen molar-refractivity contribution in [1.29, 1.82) is 5.26 Å². The first-order valence-electron chi connectivity index (χ1n) is 11.2. The van der Waals surface area contributed by atoms with Crippen molar-refractivity contribution in [3.05, 3.63) is 48.2 Å². The molecule has 3 heterocycles. The Labute approximate surface area is 201 Å². The van der Waals surface area contributed by atoms with Crippen LogP contribution in [-0.4, -0.2) is 49.6 Å². The van der Waals surface area contributed by atoms with E-state index in [0.29, 0.717) is 23.9 Å². The molecule has 0 aliphatic heterocycles. The molecule has 4 N–H and O–H groups in total. The van der Waals surface area contributed by atoms with Gasteiger partial charge in [-0.3, -0.25) is 0 Å². The standard InChI is InChI=1S/C23H25FN8O3/c1-3-35-22-18(32-8-4-7-27-32)10-16(12-26-22)29-20-15(11-25)9-17(24)21(31-20)30-19(14-5-6-14)13(2)28-23(33)34/h4,7-10,12-14,19,28H,3,5-6H2,1-2H3,(H,33,34)(H2,29,30,31)/t13-,19+/m0/s1. The normalized spacial score (nSPS) is 14.5. The maximum atomic E-state index is 14.8. The Morgan fingerprint density at radius 1 is 1.40 bits per heavy atom. The van der Waals surface area contributed by atoms with Crippen LogP contribution in [-0.2, 0) is 0 Å². The number of nitrogens with one attached hydrogen (secondary N) is 3. The Morgan fingerprint density at radius 3 is 2.83 bits per heavy atom. The first-order chi connectivity index (χ1) is 16.9. The Kier molecular flexibility index (Phi) is 6.96. The Morgan fingerprint density at radius 2 is 2.20 bits per heavy atom. The molecule has 35 heavy (non-hydrogen) atoms. The van der Waals surface area contributed by atoms with E-state index < -0.39 is 18.0 Å². The molecular weight excluding hydrogens is 455 g/mol. The number of rotatable bonds is 10. The van der Waals surface area contributed by atoms with Gasteiger partial charge >= 0.3 is 6.09 Å². The van der Waals surface area contributed by atoms with E-state index in [0.717, 1.165) is 18.9 Å². The van der Waals surface area contributed by atoms with E-state index in [1.807, 2.05) is 13.0 Å². The van der Waals surface area contributed by atoms with Gasteiger partial charge in [-0.1, -0.05) is 0 Å². The van der Waals surface area contributed by atoms with Gasteiger partial charge in [0, 0.05) is 18.4 Å². The van der Waals surface area contributed by atoms with Crippen molar-refractivity contribution in [2.45, 2.75) is 38.8 Å². The topological polar surface area (TPSA) is 150 Å². The second-order valence-corrected chi connectivity index (χ2v) is 8.13. The van der Waals surface area contributed by atoms with Crippen LogP contribution in [0.2, 0.25) is 0 Å². The van der Waals surface area contributed by atoms with Crippen LogP contribution in [0.1, 0.15) is 32.3 Å². The molecule has 3 aromatic rings. The zero-order valence-corrected chi connectivity index (χ0v) is 19.2. The van der Waals surface area contributed by atoms with Crippen LogP contribution in [0.15, 0.2) is 36.8 Å². The molecule has 11 nitrogen and oxygen atoms in total. The van der Waals surface area contributed by atoms with E-state index in [1.165, 1.54) is 6.20 Å². The number of pyridine rings is 2. The van der Waals surface area contributed by atoms with E-state index in [4.69, 9.17) is 9.84 Å². The minimum atomic E-state index is -1.16. The summed E-state index contributed by atoms with van der Waals surface area (Å²) in [5.41, 5.74) is 1.06. The highest BCUT2D eigenvalue weighted by Gasteiger charge is 2.36. The summed E-state index contributed by atoms with van der Waals surface area (Å²) < 4.78 is 22.0. The van der Waals surface area contributed by atoms with Crippen molar-refractivity contribution < 1.29 is 19.0 Å².